The van der Waals surface area contributed by atoms with Gasteiger partial charge in [-0.15, -0.1) is 0 Å². The van der Waals surface area contributed by atoms with Crippen molar-refractivity contribution in [1.82, 2.24) is 10.3 Å². The van der Waals surface area contributed by atoms with Crippen LogP contribution in [0.5, 0.6) is 11.5 Å². The summed E-state index contributed by atoms with van der Waals surface area (Å²) in [5.74, 6) is 1.69. The highest BCUT2D eigenvalue weighted by Gasteiger charge is 2.14. The zero-order valence-corrected chi connectivity index (χ0v) is 11.0. The number of benzene rings is 1. The largest absolute Gasteiger partial charge is 0.486 e. The van der Waals surface area contributed by atoms with Crippen LogP contribution in [-0.2, 0) is 6.54 Å². The molecule has 1 aliphatic rings. The van der Waals surface area contributed by atoms with Gasteiger partial charge in [0.2, 0.25) is 0 Å². The van der Waals surface area contributed by atoms with Gasteiger partial charge in [-0.25, -0.2) is 0 Å². The first-order valence-corrected chi connectivity index (χ1v) is 6.57. The van der Waals surface area contributed by atoms with Crippen molar-refractivity contribution in [2.24, 2.45) is 0 Å². The lowest BCUT2D eigenvalue weighted by Crippen LogP contribution is -2.19. The van der Waals surface area contributed by atoms with Gasteiger partial charge in [-0.3, -0.25) is 0 Å². The molecule has 0 bridgehead atoms. The Hall–Kier alpha value is -1.94. The molecule has 3 rings (SSSR count). The molecule has 0 saturated heterocycles. The van der Waals surface area contributed by atoms with E-state index in [1.165, 1.54) is 11.1 Å². The molecule has 100 valence electrons. The number of aromatic nitrogens is 1. The molecule has 2 aromatic rings. The zero-order chi connectivity index (χ0) is 13.1. The van der Waals surface area contributed by atoms with Crippen LogP contribution in [-0.4, -0.2) is 18.2 Å². The van der Waals surface area contributed by atoms with E-state index in [-0.39, 0.29) is 6.04 Å². The van der Waals surface area contributed by atoms with Crippen LogP contribution in [0.1, 0.15) is 24.1 Å². The van der Waals surface area contributed by atoms with Crippen LogP contribution in [0, 0.1) is 0 Å². The van der Waals surface area contributed by atoms with Crippen LogP contribution < -0.4 is 14.8 Å². The summed E-state index contributed by atoms with van der Waals surface area (Å²) >= 11 is 0. The molecule has 0 fully saturated rings. The fraction of sp³-hybridized carbons (Fsp3) is 0.333. The minimum atomic E-state index is 0.269. The second kappa shape index (κ2) is 5.36. The second-order valence-corrected chi connectivity index (χ2v) is 4.72. The lowest BCUT2D eigenvalue weighted by Gasteiger charge is -2.21. The SMILES string of the molecule is CC(NCc1cc[nH]c1)c1ccc2c(c1)OCCO2. The Labute approximate surface area is 112 Å². The maximum absolute atomic E-state index is 5.61. The van der Waals surface area contributed by atoms with E-state index in [2.05, 4.69) is 35.4 Å². The van der Waals surface area contributed by atoms with Crippen molar-refractivity contribution in [3.05, 3.63) is 47.8 Å². The van der Waals surface area contributed by atoms with Gasteiger partial charge in [0.25, 0.3) is 0 Å². The molecule has 19 heavy (non-hydrogen) atoms. The smallest absolute Gasteiger partial charge is 0.161 e. The van der Waals surface area contributed by atoms with Gasteiger partial charge in [0, 0.05) is 25.0 Å². The van der Waals surface area contributed by atoms with E-state index in [0.29, 0.717) is 13.2 Å². The van der Waals surface area contributed by atoms with Gasteiger partial charge < -0.3 is 19.8 Å². The standard InChI is InChI=1S/C15H18N2O2/c1-11(17-10-12-4-5-16-9-12)13-2-3-14-15(8-13)19-7-6-18-14/h2-5,8-9,11,16-17H,6-7,10H2,1H3. The highest BCUT2D eigenvalue weighted by atomic mass is 16.6. The van der Waals surface area contributed by atoms with Gasteiger partial charge in [0.1, 0.15) is 13.2 Å². The van der Waals surface area contributed by atoms with Crippen molar-refractivity contribution >= 4 is 0 Å². The predicted octanol–water partition coefficient (Wildman–Crippen LogP) is 2.64. The third-order valence-electron chi connectivity index (χ3n) is 3.34. The Kier molecular flexibility index (Phi) is 3.42. The van der Waals surface area contributed by atoms with Crippen molar-refractivity contribution in [3.63, 3.8) is 0 Å². The van der Waals surface area contributed by atoms with E-state index >= 15 is 0 Å². The number of H-pyrrole nitrogens is 1. The molecular formula is C15H18N2O2. The Balaban J connectivity index is 1.67. The van der Waals surface area contributed by atoms with Crippen molar-refractivity contribution in [1.29, 1.82) is 0 Å². The fourth-order valence-corrected chi connectivity index (χ4v) is 2.19. The molecule has 0 spiro atoms. The summed E-state index contributed by atoms with van der Waals surface area (Å²) in [5.41, 5.74) is 2.46. The van der Waals surface area contributed by atoms with Gasteiger partial charge in [-0.2, -0.15) is 0 Å². The predicted molar refractivity (Wildman–Crippen MR) is 73.5 cm³/mol. The maximum Gasteiger partial charge on any atom is 0.161 e. The number of rotatable bonds is 4. The van der Waals surface area contributed by atoms with E-state index < -0.39 is 0 Å². The van der Waals surface area contributed by atoms with Crippen molar-refractivity contribution < 1.29 is 9.47 Å². The molecule has 4 heteroatoms. The summed E-state index contributed by atoms with van der Waals surface area (Å²) in [4.78, 5) is 3.06. The zero-order valence-electron chi connectivity index (χ0n) is 11.0. The Bertz CT molecular complexity index is 537. The van der Waals surface area contributed by atoms with Gasteiger partial charge in [-0.1, -0.05) is 6.07 Å². The summed E-state index contributed by atoms with van der Waals surface area (Å²) in [7, 11) is 0. The Morgan fingerprint density at radius 3 is 2.84 bits per heavy atom. The van der Waals surface area contributed by atoms with Gasteiger partial charge in [-0.05, 0) is 36.2 Å². The molecule has 0 radical (unpaired) electrons. The van der Waals surface area contributed by atoms with Gasteiger partial charge in [0.15, 0.2) is 11.5 Å². The molecule has 1 atom stereocenters. The van der Waals surface area contributed by atoms with E-state index in [4.69, 9.17) is 9.47 Å². The average Bonchev–Trinajstić information content (AvgIpc) is 2.97. The first-order valence-electron chi connectivity index (χ1n) is 6.57. The summed E-state index contributed by atoms with van der Waals surface area (Å²) in [6.45, 7) is 4.26. The molecule has 1 unspecified atom stereocenters. The summed E-state index contributed by atoms with van der Waals surface area (Å²) in [6.07, 6.45) is 3.94. The third-order valence-corrected chi connectivity index (χ3v) is 3.34. The fourth-order valence-electron chi connectivity index (χ4n) is 2.19. The molecule has 0 aliphatic carbocycles. The monoisotopic (exact) mass is 258 g/mol. The number of aromatic amines is 1. The van der Waals surface area contributed by atoms with Crippen molar-refractivity contribution in [2.45, 2.75) is 19.5 Å². The number of nitrogens with one attached hydrogen (secondary N) is 2. The van der Waals surface area contributed by atoms with Crippen LogP contribution in [0.15, 0.2) is 36.7 Å². The number of ether oxygens (including phenoxy) is 2. The first kappa shape index (κ1) is 12.1. The Morgan fingerprint density at radius 2 is 2.05 bits per heavy atom. The first-order chi connectivity index (χ1) is 9.33. The van der Waals surface area contributed by atoms with Crippen LogP contribution in [0.25, 0.3) is 0 Å². The minimum Gasteiger partial charge on any atom is -0.486 e. The van der Waals surface area contributed by atoms with Crippen molar-refractivity contribution in [3.8, 4) is 11.5 Å². The van der Waals surface area contributed by atoms with E-state index in [1.807, 2.05) is 18.5 Å². The molecular weight excluding hydrogens is 240 g/mol. The Morgan fingerprint density at radius 1 is 1.21 bits per heavy atom. The van der Waals surface area contributed by atoms with Gasteiger partial charge in [0.05, 0.1) is 0 Å². The van der Waals surface area contributed by atoms with Crippen LogP contribution in [0.4, 0.5) is 0 Å². The molecule has 1 aliphatic heterocycles. The summed E-state index contributed by atoms with van der Waals surface area (Å²) in [6, 6.07) is 8.47. The summed E-state index contributed by atoms with van der Waals surface area (Å²) < 4.78 is 11.1. The minimum absolute atomic E-state index is 0.269. The third kappa shape index (κ3) is 2.74. The molecule has 4 nitrogen and oxygen atoms in total. The van der Waals surface area contributed by atoms with Gasteiger partial charge >= 0.3 is 0 Å². The number of hydrogen-bond donors (Lipinski definition) is 2. The van der Waals surface area contributed by atoms with Crippen LogP contribution in [0.3, 0.4) is 0 Å². The highest BCUT2D eigenvalue weighted by molar-refractivity contribution is 5.44. The molecule has 0 saturated carbocycles. The van der Waals surface area contributed by atoms with E-state index in [1.54, 1.807) is 0 Å². The molecule has 1 aromatic heterocycles. The highest BCUT2D eigenvalue weighted by Crippen LogP contribution is 2.32. The number of fused-ring (bicyclic) bond motifs is 1. The number of hydrogen-bond acceptors (Lipinski definition) is 3. The van der Waals surface area contributed by atoms with Crippen LogP contribution >= 0.6 is 0 Å². The van der Waals surface area contributed by atoms with E-state index in [9.17, 15) is 0 Å². The molecule has 2 heterocycles. The molecule has 0 amide bonds. The molecule has 1 aromatic carbocycles. The van der Waals surface area contributed by atoms with E-state index in [0.717, 1.165) is 18.0 Å². The lowest BCUT2D eigenvalue weighted by molar-refractivity contribution is 0.171. The topological polar surface area (TPSA) is 46.3 Å². The molecule has 2 N–H and O–H groups in total. The quantitative estimate of drug-likeness (QED) is 0.886. The average molecular weight is 258 g/mol. The normalized spacial score (nSPS) is 15.2. The lowest BCUT2D eigenvalue weighted by atomic mass is 10.1. The van der Waals surface area contributed by atoms with Crippen LogP contribution in [0.2, 0.25) is 0 Å². The second-order valence-electron chi connectivity index (χ2n) is 4.72. The summed E-state index contributed by atoms with van der Waals surface area (Å²) in [5, 5.41) is 3.49. The van der Waals surface area contributed by atoms with Crippen molar-refractivity contribution in [2.75, 3.05) is 13.2 Å². The maximum atomic E-state index is 5.61.